The number of halogens is 4. The molecule has 2 aromatic carbocycles. The predicted octanol–water partition coefficient (Wildman–Crippen LogP) is 4.46. The van der Waals surface area contributed by atoms with E-state index in [1.54, 1.807) is 24.3 Å². The number of rotatable bonds is 5. The second-order valence-corrected chi connectivity index (χ2v) is 6.66. The molecule has 1 atom stereocenters. The van der Waals surface area contributed by atoms with Crippen LogP contribution in [0.3, 0.4) is 0 Å². The highest BCUT2D eigenvalue weighted by Crippen LogP contribution is 2.29. The third-order valence-electron chi connectivity index (χ3n) is 4.45. The van der Waals surface area contributed by atoms with E-state index in [0.29, 0.717) is 17.8 Å². The molecule has 1 unspecified atom stereocenters. The van der Waals surface area contributed by atoms with Crippen LogP contribution in [-0.4, -0.2) is 24.4 Å². The van der Waals surface area contributed by atoms with Gasteiger partial charge in [-0.3, -0.25) is 9.59 Å². The van der Waals surface area contributed by atoms with Gasteiger partial charge in [-0.1, -0.05) is 12.1 Å². The largest absolute Gasteiger partial charge is 0.416 e. The molecule has 0 radical (unpaired) electrons. The number of hydrogen-bond acceptors (Lipinski definition) is 3. The Labute approximate surface area is 172 Å². The first kappa shape index (κ1) is 22.7. The second kappa shape index (κ2) is 9.76. The van der Waals surface area contributed by atoms with Crippen LogP contribution in [-0.2, 0) is 11.0 Å². The maximum absolute atomic E-state index is 12.8. The SMILES string of the molecule is Cl.O=C(CC1CCCN1)Nc1cccc(NC(=O)c2cccc(C(F)(F)F)c2)c1. The van der Waals surface area contributed by atoms with Gasteiger partial charge < -0.3 is 16.0 Å². The van der Waals surface area contributed by atoms with Gasteiger partial charge in [0.2, 0.25) is 5.91 Å². The Kier molecular flexibility index (Phi) is 7.64. The van der Waals surface area contributed by atoms with Crippen LogP contribution in [0, 0.1) is 0 Å². The number of alkyl halides is 3. The summed E-state index contributed by atoms with van der Waals surface area (Å²) in [6.07, 6.45) is -2.15. The highest BCUT2D eigenvalue weighted by Gasteiger charge is 2.30. The maximum atomic E-state index is 12.8. The van der Waals surface area contributed by atoms with Crippen LogP contribution >= 0.6 is 12.4 Å². The van der Waals surface area contributed by atoms with Gasteiger partial charge in [0, 0.05) is 29.4 Å². The van der Waals surface area contributed by atoms with Crippen LogP contribution in [0.4, 0.5) is 24.5 Å². The smallest absolute Gasteiger partial charge is 0.326 e. The minimum absolute atomic E-state index is 0. The molecule has 9 heteroatoms. The van der Waals surface area contributed by atoms with Crippen LogP contribution in [0.5, 0.6) is 0 Å². The number of carbonyl (C=O) groups excluding carboxylic acids is 2. The van der Waals surface area contributed by atoms with Crippen LogP contribution in [0.1, 0.15) is 35.2 Å². The molecule has 1 aliphatic heterocycles. The molecule has 29 heavy (non-hydrogen) atoms. The van der Waals surface area contributed by atoms with E-state index in [1.165, 1.54) is 12.1 Å². The Bertz CT molecular complexity index is 868. The first-order valence-corrected chi connectivity index (χ1v) is 8.93. The first-order chi connectivity index (χ1) is 13.3. The van der Waals surface area contributed by atoms with E-state index in [1.807, 2.05) is 0 Å². The molecule has 3 N–H and O–H groups in total. The number of hydrogen-bond donors (Lipinski definition) is 3. The van der Waals surface area contributed by atoms with E-state index in [4.69, 9.17) is 0 Å². The van der Waals surface area contributed by atoms with Crippen molar-refractivity contribution in [3.8, 4) is 0 Å². The van der Waals surface area contributed by atoms with Gasteiger partial charge in [0.15, 0.2) is 0 Å². The molecule has 0 bridgehead atoms. The van der Waals surface area contributed by atoms with Crippen LogP contribution in [0.25, 0.3) is 0 Å². The quantitative estimate of drug-likeness (QED) is 0.659. The van der Waals surface area contributed by atoms with Gasteiger partial charge in [-0.15, -0.1) is 12.4 Å². The molecular formula is C20H21ClF3N3O2. The zero-order valence-corrected chi connectivity index (χ0v) is 16.2. The summed E-state index contributed by atoms with van der Waals surface area (Å²) < 4.78 is 38.4. The van der Waals surface area contributed by atoms with Crippen LogP contribution < -0.4 is 16.0 Å². The van der Waals surface area contributed by atoms with Crippen molar-refractivity contribution < 1.29 is 22.8 Å². The van der Waals surface area contributed by atoms with Crippen molar-refractivity contribution in [3.63, 3.8) is 0 Å². The summed E-state index contributed by atoms with van der Waals surface area (Å²) in [6, 6.07) is 10.9. The molecule has 0 spiro atoms. The lowest BCUT2D eigenvalue weighted by molar-refractivity contribution is -0.137. The van der Waals surface area contributed by atoms with Crippen molar-refractivity contribution in [1.29, 1.82) is 0 Å². The molecule has 1 saturated heterocycles. The minimum Gasteiger partial charge on any atom is -0.326 e. The van der Waals surface area contributed by atoms with Crippen molar-refractivity contribution in [1.82, 2.24) is 5.32 Å². The average Bonchev–Trinajstić information content (AvgIpc) is 3.14. The molecule has 0 aromatic heterocycles. The van der Waals surface area contributed by atoms with E-state index in [9.17, 15) is 22.8 Å². The number of benzene rings is 2. The van der Waals surface area contributed by atoms with E-state index < -0.39 is 17.6 Å². The lowest BCUT2D eigenvalue weighted by atomic mass is 10.1. The molecule has 2 aromatic rings. The zero-order valence-electron chi connectivity index (χ0n) is 15.4. The van der Waals surface area contributed by atoms with Crippen molar-refractivity contribution in [2.45, 2.75) is 31.5 Å². The summed E-state index contributed by atoms with van der Waals surface area (Å²) >= 11 is 0. The standard InChI is InChI=1S/C20H20F3N3O2.ClH/c21-20(22,23)14-5-1-4-13(10-14)19(28)26-17-7-2-6-16(11-17)25-18(27)12-15-8-3-9-24-15;/h1-2,4-7,10-11,15,24H,3,8-9,12H2,(H,25,27)(H,26,28);1H. The van der Waals surface area contributed by atoms with E-state index in [2.05, 4.69) is 16.0 Å². The molecule has 1 fully saturated rings. The molecule has 156 valence electrons. The number of anilines is 2. The summed E-state index contributed by atoms with van der Waals surface area (Å²) in [5, 5.41) is 8.57. The van der Waals surface area contributed by atoms with E-state index >= 15 is 0 Å². The monoisotopic (exact) mass is 427 g/mol. The summed E-state index contributed by atoms with van der Waals surface area (Å²) in [5.41, 5.74) is -0.109. The lowest BCUT2D eigenvalue weighted by Gasteiger charge is -2.12. The average molecular weight is 428 g/mol. The molecule has 3 rings (SSSR count). The fourth-order valence-corrected chi connectivity index (χ4v) is 3.08. The Morgan fingerprint density at radius 2 is 1.72 bits per heavy atom. The van der Waals surface area contributed by atoms with E-state index in [0.717, 1.165) is 31.5 Å². The highest BCUT2D eigenvalue weighted by atomic mass is 35.5. The van der Waals surface area contributed by atoms with E-state index in [-0.39, 0.29) is 29.9 Å². The third-order valence-corrected chi connectivity index (χ3v) is 4.45. The molecular weight excluding hydrogens is 407 g/mol. The first-order valence-electron chi connectivity index (χ1n) is 8.93. The molecule has 2 amide bonds. The predicted molar refractivity (Wildman–Crippen MR) is 107 cm³/mol. The van der Waals surface area contributed by atoms with Crippen molar-refractivity contribution in [2.75, 3.05) is 17.2 Å². The summed E-state index contributed by atoms with van der Waals surface area (Å²) in [5.74, 6) is -0.800. The Hall–Kier alpha value is -2.58. The summed E-state index contributed by atoms with van der Waals surface area (Å²) in [4.78, 5) is 24.4. The molecule has 5 nitrogen and oxygen atoms in total. The number of amides is 2. The summed E-state index contributed by atoms with van der Waals surface area (Å²) in [7, 11) is 0. The van der Waals surface area contributed by atoms with Crippen LogP contribution in [0.15, 0.2) is 48.5 Å². The van der Waals surface area contributed by atoms with Gasteiger partial charge in [-0.25, -0.2) is 0 Å². The van der Waals surface area contributed by atoms with Gasteiger partial charge in [-0.2, -0.15) is 13.2 Å². The number of carbonyl (C=O) groups is 2. The van der Waals surface area contributed by atoms with Gasteiger partial charge in [0.1, 0.15) is 0 Å². The van der Waals surface area contributed by atoms with Gasteiger partial charge in [0.25, 0.3) is 5.91 Å². The molecule has 1 heterocycles. The van der Waals surface area contributed by atoms with Gasteiger partial charge in [-0.05, 0) is 55.8 Å². The van der Waals surface area contributed by atoms with Crippen molar-refractivity contribution in [2.24, 2.45) is 0 Å². The molecule has 0 aliphatic carbocycles. The van der Waals surface area contributed by atoms with Gasteiger partial charge >= 0.3 is 6.18 Å². The third kappa shape index (κ3) is 6.47. The molecule has 1 aliphatic rings. The Morgan fingerprint density at radius 3 is 2.38 bits per heavy atom. The number of nitrogens with one attached hydrogen (secondary N) is 3. The lowest BCUT2D eigenvalue weighted by Crippen LogP contribution is -2.27. The van der Waals surface area contributed by atoms with Gasteiger partial charge in [0.05, 0.1) is 5.56 Å². The minimum atomic E-state index is -4.52. The fraction of sp³-hybridized carbons (Fsp3) is 0.300. The topological polar surface area (TPSA) is 70.2 Å². The molecule has 0 saturated carbocycles. The second-order valence-electron chi connectivity index (χ2n) is 6.66. The zero-order chi connectivity index (χ0) is 20.1. The Morgan fingerprint density at radius 1 is 1.03 bits per heavy atom. The normalized spacial score (nSPS) is 16.0. The highest BCUT2D eigenvalue weighted by molar-refractivity contribution is 6.04. The van der Waals surface area contributed by atoms with Crippen LogP contribution in [0.2, 0.25) is 0 Å². The Balaban J connectivity index is 0.00000300. The van der Waals surface area contributed by atoms with Crippen molar-refractivity contribution in [3.05, 3.63) is 59.7 Å². The van der Waals surface area contributed by atoms with Crippen molar-refractivity contribution >= 4 is 35.6 Å². The maximum Gasteiger partial charge on any atom is 0.416 e. The summed E-state index contributed by atoms with van der Waals surface area (Å²) in [6.45, 7) is 0.912. The fourth-order valence-electron chi connectivity index (χ4n) is 3.08.